The second kappa shape index (κ2) is 7.59. The average molecular weight is 339 g/mol. The predicted molar refractivity (Wildman–Crippen MR) is 97.5 cm³/mol. The Morgan fingerprint density at radius 2 is 1.84 bits per heavy atom. The summed E-state index contributed by atoms with van der Waals surface area (Å²) in [5.41, 5.74) is 2.87. The first-order valence-corrected chi connectivity index (χ1v) is 8.75. The molecule has 0 aliphatic carbocycles. The molecule has 1 fully saturated rings. The molecule has 0 aromatic carbocycles. The van der Waals surface area contributed by atoms with Gasteiger partial charge in [-0.25, -0.2) is 0 Å². The lowest BCUT2D eigenvalue weighted by Crippen LogP contribution is -2.46. The van der Waals surface area contributed by atoms with E-state index < -0.39 is 0 Å². The van der Waals surface area contributed by atoms with Crippen molar-refractivity contribution in [1.29, 1.82) is 0 Å². The molecule has 0 saturated carbocycles. The van der Waals surface area contributed by atoms with Crippen molar-refractivity contribution in [3.63, 3.8) is 0 Å². The largest absolute Gasteiger partial charge is 0.355 e. The Labute approximate surface area is 148 Å². The molecule has 0 N–H and O–H groups in total. The van der Waals surface area contributed by atoms with Crippen LogP contribution in [0.5, 0.6) is 0 Å². The minimum Gasteiger partial charge on any atom is -0.355 e. The molecule has 0 unspecified atom stereocenters. The van der Waals surface area contributed by atoms with Crippen LogP contribution in [-0.2, 0) is 11.2 Å². The average Bonchev–Trinajstić information content (AvgIpc) is 2.64. The van der Waals surface area contributed by atoms with E-state index in [0.717, 1.165) is 48.7 Å². The minimum atomic E-state index is 0.182. The van der Waals surface area contributed by atoms with Gasteiger partial charge >= 0.3 is 0 Å². The number of hydrogen-bond acceptors (Lipinski definition) is 5. The van der Waals surface area contributed by atoms with Crippen LogP contribution >= 0.6 is 0 Å². The van der Waals surface area contributed by atoms with Gasteiger partial charge in [-0.1, -0.05) is 6.07 Å². The van der Waals surface area contributed by atoms with Crippen molar-refractivity contribution in [3.8, 4) is 0 Å². The smallest absolute Gasteiger partial charge is 0.227 e. The maximum atomic E-state index is 12.5. The summed E-state index contributed by atoms with van der Waals surface area (Å²) < 4.78 is 0. The molecule has 0 atom stereocenters. The Balaban J connectivity index is 1.53. The number of piperidine rings is 1. The molecule has 1 aliphatic heterocycles. The van der Waals surface area contributed by atoms with E-state index in [-0.39, 0.29) is 5.91 Å². The number of nitrogens with zero attached hydrogens (tertiary/aromatic N) is 5. The number of hydrogen-bond donors (Lipinski definition) is 0. The Morgan fingerprint density at radius 3 is 2.44 bits per heavy atom. The number of carbonyl (C=O) groups is 1. The molecule has 2 aromatic heterocycles. The van der Waals surface area contributed by atoms with Crippen molar-refractivity contribution in [2.24, 2.45) is 0 Å². The van der Waals surface area contributed by atoms with Crippen LogP contribution < -0.4 is 4.90 Å². The predicted octanol–water partition coefficient (Wildman–Crippen LogP) is 2.16. The first-order valence-electron chi connectivity index (χ1n) is 8.75. The van der Waals surface area contributed by atoms with Crippen LogP contribution in [0.4, 0.5) is 5.82 Å². The van der Waals surface area contributed by atoms with Crippen LogP contribution in [0.15, 0.2) is 30.5 Å². The summed E-state index contributed by atoms with van der Waals surface area (Å²) >= 11 is 0. The summed E-state index contributed by atoms with van der Waals surface area (Å²) in [5.74, 6) is 1.07. The van der Waals surface area contributed by atoms with Gasteiger partial charge in [0.1, 0.15) is 0 Å². The lowest BCUT2D eigenvalue weighted by molar-refractivity contribution is -0.131. The number of amides is 1. The van der Waals surface area contributed by atoms with Gasteiger partial charge < -0.3 is 9.80 Å². The third kappa shape index (κ3) is 4.32. The van der Waals surface area contributed by atoms with Crippen molar-refractivity contribution in [2.45, 2.75) is 39.2 Å². The quantitative estimate of drug-likeness (QED) is 0.854. The van der Waals surface area contributed by atoms with Gasteiger partial charge in [0.2, 0.25) is 5.91 Å². The van der Waals surface area contributed by atoms with Crippen LogP contribution in [0.25, 0.3) is 0 Å². The lowest BCUT2D eigenvalue weighted by Gasteiger charge is -2.37. The van der Waals surface area contributed by atoms with Crippen LogP contribution in [0, 0.1) is 13.8 Å². The summed E-state index contributed by atoms with van der Waals surface area (Å²) in [7, 11) is 2.06. The van der Waals surface area contributed by atoms with Crippen LogP contribution in [-0.4, -0.2) is 52.2 Å². The maximum absolute atomic E-state index is 12.5. The molecule has 6 nitrogen and oxygen atoms in total. The molecule has 3 rings (SSSR count). The van der Waals surface area contributed by atoms with E-state index in [1.807, 2.05) is 43.0 Å². The van der Waals surface area contributed by atoms with Gasteiger partial charge in [0.25, 0.3) is 0 Å². The van der Waals surface area contributed by atoms with E-state index in [2.05, 4.69) is 27.1 Å². The molecule has 132 valence electrons. The van der Waals surface area contributed by atoms with E-state index in [9.17, 15) is 4.79 Å². The van der Waals surface area contributed by atoms with Crippen molar-refractivity contribution >= 4 is 11.7 Å². The highest BCUT2D eigenvalue weighted by Gasteiger charge is 2.26. The zero-order chi connectivity index (χ0) is 17.8. The molecule has 6 heteroatoms. The van der Waals surface area contributed by atoms with Gasteiger partial charge in [-0.3, -0.25) is 9.78 Å². The van der Waals surface area contributed by atoms with Gasteiger partial charge in [0, 0.05) is 38.1 Å². The fraction of sp³-hybridized carbons (Fsp3) is 0.474. The monoisotopic (exact) mass is 339 g/mol. The van der Waals surface area contributed by atoms with Crippen molar-refractivity contribution in [1.82, 2.24) is 20.1 Å². The number of pyridine rings is 1. The summed E-state index contributed by atoms with van der Waals surface area (Å²) in [5, 5.41) is 8.39. The van der Waals surface area contributed by atoms with E-state index in [0.29, 0.717) is 12.5 Å². The molecule has 0 radical (unpaired) electrons. The van der Waals surface area contributed by atoms with Crippen LogP contribution in [0.1, 0.15) is 29.8 Å². The number of carbonyl (C=O) groups excluding carboxylic acids is 1. The molecule has 1 saturated heterocycles. The molecular weight excluding hydrogens is 314 g/mol. The first-order chi connectivity index (χ1) is 12.0. The second-order valence-corrected chi connectivity index (χ2v) is 6.74. The topological polar surface area (TPSA) is 62.2 Å². The fourth-order valence-electron chi connectivity index (χ4n) is 3.16. The van der Waals surface area contributed by atoms with E-state index >= 15 is 0 Å². The number of anilines is 1. The maximum Gasteiger partial charge on any atom is 0.227 e. The third-order valence-electron chi connectivity index (χ3n) is 4.84. The number of rotatable bonds is 4. The van der Waals surface area contributed by atoms with Crippen molar-refractivity contribution in [2.75, 3.05) is 25.0 Å². The fourth-order valence-corrected chi connectivity index (χ4v) is 3.16. The van der Waals surface area contributed by atoms with Gasteiger partial charge in [0.05, 0.1) is 12.1 Å². The van der Waals surface area contributed by atoms with Gasteiger partial charge in [-0.2, -0.15) is 5.10 Å². The molecule has 3 heterocycles. The molecular formula is C19H25N5O. The highest BCUT2D eigenvalue weighted by Crippen LogP contribution is 2.20. The standard InChI is InChI=1S/C19H25N5O/c1-14-4-6-16(13-20-14)12-19(25)24-10-8-17(9-11-24)23(3)18-7-5-15(2)21-22-18/h4-7,13,17H,8-12H2,1-3H3. The van der Waals surface area contributed by atoms with E-state index in [1.165, 1.54) is 0 Å². The molecule has 25 heavy (non-hydrogen) atoms. The zero-order valence-electron chi connectivity index (χ0n) is 15.1. The number of likely N-dealkylation sites (tertiary alicyclic amines) is 1. The van der Waals surface area contributed by atoms with Crippen LogP contribution in [0.3, 0.4) is 0 Å². The van der Waals surface area contributed by atoms with Crippen LogP contribution in [0.2, 0.25) is 0 Å². The Kier molecular flexibility index (Phi) is 5.26. The normalized spacial score (nSPS) is 15.2. The minimum absolute atomic E-state index is 0.182. The third-order valence-corrected chi connectivity index (χ3v) is 4.84. The van der Waals surface area contributed by atoms with Gasteiger partial charge in [0.15, 0.2) is 5.82 Å². The Hall–Kier alpha value is -2.50. The summed E-state index contributed by atoms with van der Waals surface area (Å²) in [6, 6.07) is 8.31. The second-order valence-electron chi connectivity index (χ2n) is 6.74. The van der Waals surface area contributed by atoms with E-state index in [1.54, 1.807) is 6.20 Å². The highest BCUT2D eigenvalue weighted by molar-refractivity contribution is 5.78. The molecule has 1 amide bonds. The zero-order valence-corrected chi connectivity index (χ0v) is 15.1. The Bertz CT molecular complexity index is 706. The van der Waals surface area contributed by atoms with Gasteiger partial charge in [-0.05, 0) is 50.5 Å². The molecule has 2 aromatic rings. The summed E-state index contributed by atoms with van der Waals surface area (Å²) in [6.45, 7) is 5.45. The number of aromatic nitrogens is 3. The summed E-state index contributed by atoms with van der Waals surface area (Å²) in [6.07, 6.45) is 4.12. The van der Waals surface area contributed by atoms with Crippen molar-refractivity contribution < 1.29 is 4.79 Å². The SMILES string of the molecule is Cc1ccc(CC(=O)N2CCC(N(C)c3ccc(C)nn3)CC2)cn1. The van der Waals surface area contributed by atoms with Crippen molar-refractivity contribution in [3.05, 3.63) is 47.4 Å². The molecule has 1 aliphatic rings. The lowest BCUT2D eigenvalue weighted by atomic mass is 10.0. The summed E-state index contributed by atoms with van der Waals surface area (Å²) in [4.78, 5) is 20.9. The Morgan fingerprint density at radius 1 is 1.12 bits per heavy atom. The molecule has 0 bridgehead atoms. The van der Waals surface area contributed by atoms with Gasteiger partial charge in [-0.15, -0.1) is 5.10 Å². The number of aryl methyl sites for hydroxylation is 2. The highest BCUT2D eigenvalue weighted by atomic mass is 16.2. The van der Waals surface area contributed by atoms with E-state index in [4.69, 9.17) is 0 Å². The molecule has 0 spiro atoms. The first kappa shape index (κ1) is 17.3.